The van der Waals surface area contributed by atoms with E-state index >= 15 is 0 Å². The molecule has 0 aliphatic carbocycles. The summed E-state index contributed by atoms with van der Waals surface area (Å²) in [5, 5.41) is 8.51. The van der Waals surface area contributed by atoms with Crippen LogP contribution in [0.15, 0.2) is 200 Å². The summed E-state index contributed by atoms with van der Waals surface area (Å²) < 4.78 is 9.61. The smallest absolute Gasteiger partial charge is 0.0971 e. The summed E-state index contributed by atoms with van der Waals surface area (Å²) >= 11 is 0. The van der Waals surface area contributed by atoms with Gasteiger partial charge in [-0.1, -0.05) is 121 Å². The second-order valence-corrected chi connectivity index (χ2v) is 15.2. The van der Waals surface area contributed by atoms with Gasteiger partial charge in [-0.25, -0.2) is 0 Å². The van der Waals surface area contributed by atoms with Crippen molar-refractivity contribution < 1.29 is 0 Å². The molecule has 0 saturated heterocycles. The van der Waals surface area contributed by atoms with Crippen LogP contribution in [0.5, 0.6) is 0 Å². The van der Waals surface area contributed by atoms with Gasteiger partial charge >= 0.3 is 0 Å². The molecule has 13 aromatic rings. The monoisotopic (exact) mass is 739 g/mol. The summed E-state index contributed by atoms with van der Waals surface area (Å²) in [6.45, 7) is 0. The highest BCUT2D eigenvalue weighted by molar-refractivity contribution is 6.25. The van der Waals surface area contributed by atoms with Crippen molar-refractivity contribution in [2.45, 2.75) is 0 Å². The maximum absolute atomic E-state index is 5.32. The first-order chi connectivity index (χ1) is 28.8. The van der Waals surface area contributed by atoms with E-state index in [1.807, 2.05) is 0 Å². The van der Waals surface area contributed by atoms with Gasteiger partial charge in [0.25, 0.3) is 0 Å². The van der Waals surface area contributed by atoms with Crippen molar-refractivity contribution in [3.8, 4) is 22.7 Å². The second kappa shape index (κ2) is 11.8. The van der Waals surface area contributed by atoms with Crippen LogP contribution in [0.4, 0.5) is 0 Å². The van der Waals surface area contributed by atoms with Crippen LogP contribution < -0.4 is 0 Å². The summed E-state index contributed by atoms with van der Waals surface area (Å²) in [6, 6.07) is 70.2. The van der Waals surface area contributed by atoms with Crippen molar-refractivity contribution in [1.29, 1.82) is 0 Å². The maximum Gasteiger partial charge on any atom is 0.0971 e. The normalized spacial score (nSPS) is 12.1. The fraction of sp³-hybridized carbons (Fsp3) is 0. The second-order valence-electron chi connectivity index (χ2n) is 15.2. The van der Waals surface area contributed by atoms with Crippen LogP contribution in [0.25, 0.3) is 110 Å². The number of hydrogen-bond donors (Lipinski definition) is 0. The molecular formula is C53H33N5. The number of benzene rings is 8. The minimum atomic E-state index is 0.993. The van der Waals surface area contributed by atoms with Crippen molar-refractivity contribution in [2.24, 2.45) is 0 Å². The lowest BCUT2D eigenvalue weighted by Crippen LogP contribution is -2.00. The highest BCUT2D eigenvalue weighted by Crippen LogP contribution is 2.42. The molecule has 0 atom stereocenters. The summed E-state index contributed by atoms with van der Waals surface area (Å²) in [5.41, 5.74) is 14.6. The topological polar surface area (TPSA) is 32.6 Å². The summed E-state index contributed by atoms with van der Waals surface area (Å²) in [7, 11) is 0. The molecule has 5 aromatic heterocycles. The van der Waals surface area contributed by atoms with Crippen LogP contribution in [0, 0.1) is 0 Å². The summed E-state index contributed by atoms with van der Waals surface area (Å²) in [4.78, 5) is 5.32. The van der Waals surface area contributed by atoms with E-state index in [2.05, 4.69) is 219 Å². The number of hydrogen-bond acceptors (Lipinski definition) is 1. The zero-order chi connectivity index (χ0) is 37.9. The molecule has 5 nitrogen and oxygen atoms in total. The van der Waals surface area contributed by atoms with Crippen LogP contribution in [-0.2, 0) is 0 Å². The van der Waals surface area contributed by atoms with Gasteiger partial charge in [-0.3, -0.25) is 4.98 Å². The molecule has 0 unspecified atom stereocenters. The lowest BCUT2D eigenvalue weighted by atomic mass is 10.1. The Kier molecular flexibility index (Phi) is 6.38. The van der Waals surface area contributed by atoms with Crippen molar-refractivity contribution in [3.05, 3.63) is 200 Å². The molecule has 0 bridgehead atoms. The third-order valence-corrected chi connectivity index (χ3v) is 12.2. The van der Waals surface area contributed by atoms with Crippen molar-refractivity contribution in [3.63, 3.8) is 0 Å². The molecule has 0 amide bonds. The third kappa shape index (κ3) is 4.22. The molecule has 5 heteroatoms. The first kappa shape index (κ1) is 31.3. The van der Waals surface area contributed by atoms with E-state index in [9.17, 15) is 0 Å². The Morgan fingerprint density at radius 1 is 0.276 bits per heavy atom. The fourth-order valence-electron chi connectivity index (χ4n) is 9.83. The van der Waals surface area contributed by atoms with Gasteiger partial charge in [-0.15, -0.1) is 0 Å². The van der Waals surface area contributed by atoms with E-state index in [4.69, 9.17) is 4.98 Å². The number of nitrogens with zero attached hydrogens (tertiary/aromatic N) is 5. The molecule has 0 spiro atoms. The molecule has 270 valence electrons. The van der Waals surface area contributed by atoms with Crippen LogP contribution in [0.3, 0.4) is 0 Å². The SMILES string of the molecule is c1cc(-n2c3ccccc3c3ccccc32)cc(-n2c3ccccc3c3c2cnc2c4ccccc4n(-c4cccc(-n5c6ccccc6c6ccccc65)c4)c23)c1. The zero-order valence-corrected chi connectivity index (χ0v) is 31.3. The lowest BCUT2D eigenvalue weighted by molar-refractivity contribution is 1.13. The Hall–Kier alpha value is -7.89. The number of para-hydroxylation sites is 6. The fourth-order valence-corrected chi connectivity index (χ4v) is 9.83. The van der Waals surface area contributed by atoms with Crippen LogP contribution >= 0.6 is 0 Å². The summed E-state index contributed by atoms with van der Waals surface area (Å²) in [5.74, 6) is 0. The average Bonchev–Trinajstić information content (AvgIpc) is 4.01. The van der Waals surface area contributed by atoms with Gasteiger partial charge in [0.2, 0.25) is 0 Å². The van der Waals surface area contributed by atoms with Gasteiger partial charge in [0.1, 0.15) is 0 Å². The largest absolute Gasteiger partial charge is 0.309 e. The Bertz CT molecular complexity index is 3710. The Labute approximate surface area is 332 Å². The van der Waals surface area contributed by atoms with Gasteiger partial charge in [-0.05, 0) is 72.8 Å². The molecule has 0 fully saturated rings. The van der Waals surface area contributed by atoms with E-state index in [-0.39, 0.29) is 0 Å². The van der Waals surface area contributed by atoms with Crippen molar-refractivity contribution in [1.82, 2.24) is 23.3 Å². The van der Waals surface area contributed by atoms with Gasteiger partial charge in [-0.2, -0.15) is 0 Å². The van der Waals surface area contributed by atoms with E-state index in [1.165, 1.54) is 54.4 Å². The Morgan fingerprint density at radius 3 is 1.05 bits per heavy atom. The molecule has 0 N–H and O–H groups in total. The van der Waals surface area contributed by atoms with Crippen LogP contribution in [-0.4, -0.2) is 23.3 Å². The van der Waals surface area contributed by atoms with E-state index in [0.29, 0.717) is 0 Å². The Balaban J connectivity index is 1.09. The first-order valence-electron chi connectivity index (χ1n) is 19.8. The molecule has 13 rings (SSSR count). The molecule has 0 aliphatic heterocycles. The maximum atomic E-state index is 5.32. The highest BCUT2D eigenvalue weighted by Gasteiger charge is 2.23. The summed E-state index contributed by atoms with van der Waals surface area (Å²) in [6.07, 6.45) is 2.08. The minimum Gasteiger partial charge on any atom is -0.309 e. The van der Waals surface area contributed by atoms with Crippen molar-refractivity contribution in [2.75, 3.05) is 0 Å². The van der Waals surface area contributed by atoms with E-state index < -0.39 is 0 Å². The number of fused-ring (bicyclic) bond motifs is 13. The molecular weight excluding hydrogens is 707 g/mol. The van der Waals surface area contributed by atoms with Crippen LogP contribution in [0.2, 0.25) is 0 Å². The molecule has 5 heterocycles. The van der Waals surface area contributed by atoms with E-state index in [0.717, 1.165) is 55.7 Å². The van der Waals surface area contributed by atoms with Crippen LogP contribution in [0.1, 0.15) is 0 Å². The quantitative estimate of drug-likeness (QED) is 0.177. The first-order valence-corrected chi connectivity index (χ1v) is 19.8. The number of rotatable bonds is 4. The number of pyridine rings is 1. The number of aromatic nitrogens is 5. The van der Waals surface area contributed by atoms with Gasteiger partial charge in [0.05, 0.1) is 55.8 Å². The molecule has 0 saturated carbocycles. The molecule has 58 heavy (non-hydrogen) atoms. The average molecular weight is 740 g/mol. The Morgan fingerprint density at radius 2 is 0.603 bits per heavy atom. The predicted molar refractivity (Wildman–Crippen MR) is 242 cm³/mol. The van der Waals surface area contributed by atoms with Gasteiger partial charge in [0.15, 0.2) is 0 Å². The predicted octanol–water partition coefficient (Wildman–Crippen LogP) is 13.5. The molecule has 0 aliphatic rings. The highest BCUT2D eigenvalue weighted by atomic mass is 15.1. The minimum absolute atomic E-state index is 0.993. The standard InChI is InChI=1S/C53H33N5/c1-7-25-44-38(19-1)39-20-2-8-26-45(39)55(44)34-15-13-17-36(31-34)57-48-29-11-5-23-42(48)51-50(57)33-54-52-43-24-6-12-30-49(43)58(53(51)52)37-18-14-16-35(32-37)56-46-27-9-3-21-40(46)41-22-4-10-28-47(41)56/h1-33H. The van der Waals surface area contributed by atoms with E-state index in [1.54, 1.807) is 0 Å². The molecule has 0 radical (unpaired) electrons. The lowest BCUT2D eigenvalue weighted by Gasteiger charge is -2.14. The van der Waals surface area contributed by atoms with Gasteiger partial charge < -0.3 is 18.3 Å². The third-order valence-electron chi connectivity index (χ3n) is 12.2. The zero-order valence-electron chi connectivity index (χ0n) is 31.3. The van der Waals surface area contributed by atoms with Crippen molar-refractivity contribution >= 4 is 87.4 Å². The molecule has 8 aromatic carbocycles. The van der Waals surface area contributed by atoms with Gasteiger partial charge in [0, 0.05) is 60.5 Å².